The summed E-state index contributed by atoms with van der Waals surface area (Å²) in [5, 5.41) is 0. The Morgan fingerprint density at radius 3 is 1.32 bits per heavy atom. The Labute approximate surface area is 177 Å². The molecule has 0 bridgehead atoms. The third-order valence-electron chi connectivity index (χ3n) is 4.35. The molecule has 0 atom stereocenters. The van der Waals surface area contributed by atoms with Crippen molar-refractivity contribution in [3.05, 3.63) is 72.8 Å². The third-order valence-corrected chi connectivity index (χ3v) is 6.84. The zero-order chi connectivity index (χ0) is 20.6. The number of allylic oxidation sites excluding steroid dienone is 2. The van der Waals surface area contributed by atoms with Crippen LogP contribution in [-0.4, -0.2) is 21.1 Å². The molecular formula is C24H28O2S2. The van der Waals surface area contributed by atoms with Gasteiger partial charge in [0.15, 0.2) is 11.6 Å². The summed E-state index contributed by atoms with van der Waals surface area (Å²) in [4.78, 5) is 27.3. The van der Waals surface area contributed by atoms with Crippen molar-refractivity contribution in [1.82, 2.24) is 0 Å². The molecule has 0 saturated carbocycles. The van der Waals surface area contributed by atoms with E-state index in [-0.39, 0.29) is 11.6 Å². The van der Waals surface area contributed by atoms with Crippen LogP contribution < -0.4 is 0 Å². The highest BCUT2D eigenvalue weighted by Gasteiger charge is 2.29. The van der Waals surface area contributed by atoms with Gasteiger partial charge in [-0.2, -0.15) is 0 Å². The minimum Gasteiger partial charge on any atom is -0.298 e. The van der Waals surface area contributed by atoms with Gasteiger partial charge in [0.05, 0.1) is 9.49 Å². The van der Waals surface area contributed by atoms with E-state index >= 15 is 0 Å². The largest absolute Gasteiger partial charge is 0.298 e. The normalized spacial score (nSPS) is 12.3. The van der Waals surface area contributed by atoms with Crippen LogP contribution in [0.3, 0.4) is 0 Å². The Hall–Kier alpha value is -1.78. The predicted octanol–water partition coefficient (Wildman–Crippen LogP) is 6.60. The van der Waals surface area contributed by atoms with E-state index in [2.05, 4.69) is 0 Å². The van der Waals surface area contributed by atoms with E-state index in [4.69, 9.17) is 0 Å². The number of hydrogen-bond donors (Lipinski definition) is 0. The monoisotopic (exact) mass is 412 g/mol. The number of Topliss-reactive ketones (excluding diaryl/α,β-unsaturated/α-hetero) is 2. The molecule has 2 aromatic rings. The predicted molar refractivity (Wildman–Crippen MR) is 121 cm³/mol. The molecular weight excluding hydrogens is 384 g/mol. The number of benzene rings is 2. The number of carbonyl (C=O) groups is 2. The van der Waals surface area contributed by atoms with Gasteiger partial charge in [0, 0.05) is 22.6 Å². The van der Waals surface area contributed by atoms with Crippen LogP contribution >= 0.6 is 23.5 Å². The van der Waals surface area contributed by atoms with Crippen molar-refractivity contribution in [1.29, 1.82) is 0 Å². The van der Waals surface area contributed by atoms with Gasteiger partial charge in [-0.25, -0.2) is 0 Å². The van der Waals surface area contributed by atoms with Crippen molar-refractivity contribution >= 4 is 35.1 Å². The minimum absolute atomic E-state index is 0.156. The lowest BCUT2D eigenvalue weighted by Crippen LogP contribution is -2.27. The molecule has 0 unspecified atom stereocenters. The number of carbonyl (C=O) groups excluding carboxylic acids is 2. The molecule has 148 valence electrons. The van der Waals surface area contributed by atoms with Gasteiger partial charge in [0.2, 0.25) is 0 Å². The van der Waals surface area contributed by atoms with Gasteiger partial charge >= 0.3 is 0 Å². The van der Waals surface area contributed by atoms with Crippen LogP contribution in [-0.2, 0) is 9.59 Å². The molecule has 2 rings (SSSR count). The maximum absolute atomic E-state index is 12.6. The molecule has 0 spiro atoms. The van der Waals surface area contributed by atoms with Crippen LogP contribution in [0.5, 0.6) is 0 Å². The second-order valence-electron chi connectivity index (χ2n) is 7.58. The smallest absolute Gasteiger partial charge is 0.152 e. The minimum atomic E-state index is -0.502. The van der Waals surface area contributed by atoms with Crippen molar-refractivity contribution in [2.75, 3.05) is 0 Å². The SMILES string of the molecule is CC(C)(Sc1ccccc1)C(=O)C/C=C/CC(=O)C(C)(C)Sc1ccccc1. The summed E-state index contributed by atoms with van der Waals surface area (Å²) in [5.41, 5.74) is 0. The first-order valence-electron chi connectivity index (χ1n) is 9.40. The fourth-order valence-corrected chi connectivity index (χ4v) is 4.71. The summed E-state index contributed by atoms with van der Waals surface area (Å²) < 4.78 is -1.00. The van der Waals surface area contributed by atoms with Gasteiger partial charge in [-0.1, -0.05) is 48.6 Å². The Morgan fingerprint density at radius 2 is 1.00 bits per heavy atom. The van der Waals surface area contributed by atoms with E-state index in [9.17, 15) is 9.59 Å². The summed E-state index contributed by atoms with van der Waals surface area (Å²) in [6, 6.07) is 19.9. The molecule has 0 aromatic heterocycles. The Kier molecular flexibility index (Phi) is 8.14. The molecule has 0 aliphatic heterocycles. The van der Waals surface area contributed by atoms with E-state index in [0.29, 0.717) is 12.8 Å². The summed E-state index contributed by atoms with van der Waals surface area (Å²) in [7, 11) is 0. The van der Waals surface area contributed by atoms with Crippen molar-refractivity contribution < 1.29 is 9.59 Å². The fourth-order valence-electron chi connectivity index (χ4n) is 2.55. The zero-order valence-electron chi connectivity index (χ0n) is 17.0. The molecule has 0 radical (unpaired) electrons. The molecule has 2 nitrogen and oxygen atoms in total. The Bertz CT molecular complexity index is 740. The van der Waals surface area contributed by atoms with E-state index in [1.165, 1.54) is 0 Å². The Balaban J connectivity index is 1.84. The standard InChI is InChI=1S/C24H28O2S2/c1-23(2,27-19-13-7-5-8-14-19)21(25)17-11-12-18-22(26)24(3,4)28-20-15-9-6-10-16-20/h5-16H,17-18H2,1-4H3/b12-11+. The van der Waals surface area contributed by atoms with Gasteiger partial charge < -0.3 is 0 Å². The fraction of sp³-hybridized carbons (Fsp3) is 0.333. The van der Waals surface area contributed by atoms with Crippen molar-refractivity contribution in [2.24, 2.45) is 0 Å². The molecule has 4 heteroatoms. The molecule has 0 aliphatic carbocycles. The number of thioether (sulfide) groups is 2. The van der Waals surface area contributed by atoms with Crippen molar-refractivity contribution in [3.63, 3.8) is 0 Å². The van der Waals surface area contributed by atoms with Crippen molar-refractivity contribution in [3.8, 4) is 0 Å². The molecule has 2 aromatic carbocycles. The van der Waals surface area contributed by atoms with Crippen LogP contribution in [0.15, 0.2) is 82.6 Å². The second-order valence-corrected chi connectivity index (χ2v) is 11.0. The van der Waals surface area contributed by atoms with Crippen LogP contribution in [0.1, 0.15) is 40.5 Å². The Morgan fingerprint density at radius 1 is 0.679 bits per heavy atom. The lowest BCUT2D eigenvalue weighted by Gasteiger charge is -2.22. The number of rotatable bonds is 10. The molecule has 0 fully saturated rings. The van der Waals surface area contributed by atoms with E-state index in [1.54, 1.807) is 23.5 Å². The van der Waals surface area contributed by atoms with Gasteiger partial charge in [0.1, 0.15) is 0 Å². The van der Waals surface area contributed by atoms with E-state index in [1.807, 2.05) is 101 Å². The first-order valence-corrected chi connectivity index (χ1v) is 11.0. The molecule has 0 N–H and O–H groups in total. The summed E-state index contributed by atoms with van der Waals surface area (Å²) in [6.07, 6.45) is 4.34. The van der Waals surface area contributed by atoms with Crippen LogP contribution in [0.4, 0.5) is 0 Å². The van der Waals surface area contributed by atoms with E-state index < -0.39 is 9.49 Å². The maximum Gasteiger partial charge on any atom is 0.152 e. The zero-order valence-corrected chi connectivity index (χ0v) is 18.6. The van der Waals surface area contributed by atoms with E-state index in [0.717, 1.165) is 9.79 Å². The second kappa shape index (κ2) is 10.1. The molecule has 0 heterocycles. The average Bonchev–Trinajstić information content (AvgIpc) is 2.65. The highest BCUT2D eigenvalue weighted by molar-refractivity contribution is 8.01. The number of ketones is 2. The van der Waals surface area contributed by atoms with Crippen LogP contribution in [0, 0.1) is 0 Å². The first kappa shape index (κ1) is 22.5. The molecule has 0 saturated heterocycles. The summed E-state index contributed by atoms with van der Waals surface area (Å²) in [5.74, 6) is 0.311. The van der Waals surface area contributed by atoms with Crippen molar-refractivity contribution in [2.45, 2.75) is 59.8 Å². The lowest BCUT2D eigenvalue weighted by atomic mass is 10.0. The average molecular weight is 413 g/mol. The molecule has 28 heavy (non-hydrogen) atoms. The quantitative estimate of drug-likeness (QED) is 0.325. The van der Waals surface area contributed by atoms with Crippen LogP contribution in [0.2, 0.25) is 0 Å². The number of hydrogen-bond acceptors (Lipinski definition) is 4. The molecule has 0 amide bonds. The van der Waals surface area contributed by atoms with Gasteiger partial charge in [-0.3, -0.25) is 9.59 Å². The highest BCUT2D eigenvalue weighted by atomic mass is 32.2. The summed E-state index contributed by atoms with van der Waals surface area (Å²) >= 11 is 3.14. The van der Waals surface area contributed by atoms with Gasteiger partial charge in [-0.05, 0) is 52.0 Å². The van der Waals surface area contributed by atoms with Gasteiger partial charge in [0.25, 0.3) is 0 Å². The highest BCUT2D eigenvalue weighted by Crippen LogP contribution is 2.35. The third kappa shape index (κ3) is 6.99. The van der Waals surface area contributed by atoms with Crippen LogP contribution in [0.25, 0.3) is 0 Å². The first-order chi connectivity index (χ1) is 13.2. The van der Waals surface area contributed by atoms with Gasteiger partial charge in [-0.15, -0.1) is 23.5 Å². The summed E-state index contributed by atoms with van der Waals surface area (Å²) in [6.45, 7) is 7.80. The topological polar surface area (TPSA) is 34.1 Å². The maximum atomic E-state index is 12.6. The molecule has 0 aliphatic rings. The lowest BCUT2D eigenvalue weighted by molar-refractivity contribution is -0.120.